The zero-order valence-corrected chi connectivity index (χ0v) is 6.62. The number of aryl methyl sites for hydroxylation is 1. The fraction of sp³-hybridized carbons (Fsp3) is 0.333. The first kappa shape index (κ1) is 7.28. The minimum Gasteiger partial charge on any atom is -0.477 e. The molecule has 62 valence electrons. The van der Waals surface area contributed by atoms with Crippen LogP contribution in [-0.2, 0) is 6.42 Å². The van der Waals surface area contributed by atoms with E-state index in [0.29, 0.717) is 11.4 Å². The van der Waals surface area contributed by atoms with E-state index in [1.165, 1.54) is 6.20 Å². The van der Waals surface area contributed by atoms with Crippen LogP contribution in [0.1, 0.15) is 22.3 Å². The van der Waals surface area contributed by atoms with E-state index in [1.807, 2.05) is 6.07 Å². The fourth-order valence-corrected chi connectivity index (χ4v) is 1.32. The summed E-state index contributed by atoms with van der Waals surface area (Å²) in [5.74, 6) is 0.687. The van der Waals surface area contributed by atoms with Crippen LogP contribution in [0.5, 0.6) is 5.88 Å². The maximum absolute atomic E-state index is 10.4. The predicted octanol–water partition coefficient (Wildman–Crippen LogP) is 1.22. The van der Waals surface area contributed by atoms with E-state index in [0.717, 1.165) is 31.3 Å². The van der Waals surface area contributed by atoms with Gasteiger partial charge in [-0.1, -0.05) is 0 Å². The Hall–Kier alpha value is -1.38. The van der Waals surface area contributed by atoms with Crippen molar-refractivity contribution >= 4 is 6.29 Å². The van der Waals surface area contributed by atoms with Crippen LogP contribution in [0, 0.1) is 0 Å². The molecule has 0 spiro atoms. The molecule has 0 aliphatic carbocycles. The lowest BCUT2D eigenvalue weighted by molar-refractivity contribution is 0.112. The van der Waals surface area contributed by atoms with Gasteiger partial charge in [-0.25, -0.2) is 4.98 Å². The molecule has 1 aliphatic heterocycles. The largest absolute Gasteiger partial charge is 0.477 e. The first-order valence-corrected chi connectivity index (χ1v) is 3.97. The standard InChI is InChI=1S/C9H9NO2/c11-6-7-4-8-2-1-3-12-9(8)10-5-7/h4-6H,1-3H2. The number of fused-ring (bicyclic) bond motifs is 1. The lowest BCUT2D eigenvalue weighted by Gasteiger charge is -2.15. The van der Waals surface area contributed by atoms with Crippen LogP contribution in [-0.4, -0.2) is 17.9 Å². The van der Waals surface area contributed by atoms with Crippen molar-refractivity contribution in [3.05, 3.63) is 23.4 Å². The Kier molecular flexibility index (Phi) is 1.78. The molecule has 0 N–H and O–H groups in total. The van der Waals surface area contributed by atoms with Crippen molar-refractivity contribution in [2.75, 3.05) is 6.61 Å². The first-order valence-electron chi connectivity index (χ1n) is 3.97. The summed E-state index contributed by atoms with van der Waals surface area (Å²) in [4.78, 5) is 14.4. The number of ether oxygens (including phenoxy) is 1. The molecule has 0 amide bonds. The summed E-state index contributed by atoms with van der Waals surface area (Å²) in [5, 5.41) is 0. The lowest BCUT2D eigenvalue weighted by Crippen LogP contribution is -2.10. The van der Waals surface area contributed by atoms with Gasteiger partial charge in [0.1, 0.15) is 0 Å². The van der Waals surface area contributed by atoms with E-state index in [-0.39, 0.29) is 0 Å². The minimum atomic E-state index is 0.624. The topological polar surface area (TPSA) is 39.2 Å². The zero-order valence-electron chi connectivity index (χ0n) is 6.62. The van der Waals surface area contributed by atoms with E-state index < -0.39 is 0 Å². The Labute approximate surface area is 70.4 Å². The summed E-state index contributed by atoms with van der Waals surface area (Å²) in [6.07, 6.45) is 4.32. The van der Waals surface area contributed by atoms with Gasteiger partial charge in [0.05, 0.1) is 6.61 Å². The number of aldehydes is 1. The molecule has 0 bridgehead atoms. The van der Waals surface area contributed by atoms with Crippen LogP contribution >= 0.6 is 0 Å². The Morgan fingerprint density at radius 3 is 3.33 bits per heavy atom. The van der Waals surface area contributed by atoms with Crippen LogP contribution in [0.3, 0.4) is 0 Å². The van der Waals surface area contributed by atoms with Crippen molar-refractivity contribution in [1.82, 2.24) is 4.98 Å². The van der Waals surface area contributed by atoms with Gasteiger partial charge in [0.2, 0.25) is 5.88 Å². The molecule has 0 saturated carbocycles. The number of hydrogen-bond acceptors (Lipinski definition) is 3. The van der Waals surface area contributed by atoms with Gasteiger partial charge in [-0.05, 0) is 18.9 Å². The second-order valence-electron chi connectivity index (χ2n) is 2.80. The van der Waals surface area contributed by atoms with E-state index in [2.05, 4.69) is 4.98 Å². The number of carbonyl (C=O) groups is 1. The second-order valence-corrected chi connectivity index (χ2v) is 2.80. The number of pyridine rings is 1. The predicted molar refractivity (Wildman–Crippen MR) is 43.4 cm³/mol. The first-order chi connectivity index (χ1) is 5.90. The van der Waals surface area contributed by atoms with Gasteiger partial charge in [-0.15, -0.1) is 0 Å². The molecule has 0 aromatic carbocycles. The monoisotopic (exact) mass is 163 g/mol. The Morgan fingerprint density at radius 1 is 1.58 bits per heavy atom. The third kappa shape index (κ3) is 1.18. The van der Waals surface area contributed by atoms with Gasteiger partial charge >= 0.3 is 0 Å². The molecule has 0 unspecified atom stereocenters. The molecule has 12 heavy (non-hydrogen) atoms. The fourth-order valence-electron chi connectivity index (χ4n) is 1.32. The molecule has 1 aromatic heterocycles. The summed E-state index contributed by atoms with van der Waals surface area (Å²) in [7, 11) is 0. The third-order valence-corrected chi connectivity index (χ3v) is 1.91. The summed E-state index contributed by atoms with van der Waals surface area (Å²) in [5.41, 5.74) is 1.67. The molecule has 2 heterocycles. The average molecular weight is 163 g/mol. The third-order valence-electron chi connectivity index (χ3n) is 1.91. The molecule has 0 radical (unpaired) electrons. The van der Waals surface area contributed by atoms with Crippen LogP contribution < -0.4 is 4.74 Å². The van der Waals surface area contributed by atoms with E-state index in [1.54, 1.807) is 0 Å². The number of hydrogen-bond donors (Lipinski definition) is 0. The van der Waals surface area contributed by atoms with Gasteiger partial charge in [-0.2, -0.15) is 0 Å². The van der Waals surface area contributed by atoms with Gasteiger partial charge < -0.3 is 4.74 Å². The molecule has 3 nitrogen and oxygen atoms in total. The lowest BCUT2D eigenvalue weighted by atomic mass is 10.1. The van der Waals surface area contributed by atoms with Crippen molar-refractivity contribution < 1.29 is 9.53 Å². The molecular formula is C9H9NO2. The highest BCUT2D eigenvalue weighted by atomic mass is 16.5. The number of aromatic nitrogens is 1. The Balaban J connectivity index is 2.42. The van der Waals surface area contributed by atoms with E-state index in [4.69, 9.17) is 4.74 Å². The maximum atomic E-state index is 10.4. The van der Waals surface area contributed by atoms with Gasteiger partial charge in [0.25, 0.3) is 0 Å². The molecule has 1 aromatic rings. The van der Waals surface area contributed by atoms with Crippen molar-refractivity contribution in [3.8, 4) is 5.88 Å². The second kappa shape index (κ2) is 2.93. The number of nitrogens with zero attached hydrogens (tertiary/aromatic N) is 1. The molecule has 1 aliphatic rings. The molecule has 0 saturated heterocycles. The van der Waals surface area contributed by atoms with Crippen LogP contribution in [0.4, 0.5) is 0 Å². The van der Waals surface area contributed by atoms with Crippen molar-refractivity contribution in [2.45, 2.75) is 12.8 Å². The molecule has 3 heteroatoms. The Bertz CT molecular complexity index is 309. The summed E-state index contributed by atoms with van der Waals surface area (Å²) in [6, 6.07) is 1.84. The number of carbonyl (C=O) groups excluding carboxylic acids is 1. The van der Waals surface area contributed by atoms with Gasteiger partial charge in [0.15, 0.2) is 6.29 Å². The molecular weight excluding hydrogens is 154 g/mol. The van der Waals surface area contributed by atoms with Crippen molar-refractivity contribution in [3.63, 3.8) is 0 Å². The number of rotatable bonds is 1. The zero-order chi connectivity index (χ0) is 8.39. The van der Waals surface area contributed by atoms with Crippen LogP contribution in [0.2, 0.25) is 0 Å². The summed E-state index contributed by atoms with van der Waals surface area (Å²) >= 11 is 0. The quantitative estimate of drug-likeness (QED) is 0.584. The van der Waals surface area contributed by atoms with E-state index in [9.17, 15) is 4.79 Å². The van der Waals surface area contributed by atoms with Crippen LogP contribution in [0.25, 0.3) is 0 Å². The SMILES string of the molecule is O=Cc1cnc2c(c1)CCCO2. The highest BCUT2D eigenvalue weighted by Gasteiger charge is 2.11. The summed E-state index contributed by atoms with van der Waals surface area (Å²) < 4.78 is 5.30. The molecule has 2 rings (SSSR count). The normalized spacial score (nSPS) is 14.7. The van der Waals surface area contributed by atoms with Crippen molar-refractivity contribution in [2.24, 2.45) is 0 Å². The Morgan fingerprint density at radius 2 is 2.50 bits per heavy atom. The van der Waals surface area contributed by atoms with Gasteiger partial charge in [-0.3, -0.25) is 4.79 Å². The highest BCUT2D eigenvalue weighted by molar-refractivity contribution is 5.74. The average Bonchev–Trinajstić information content (AvgIpc) is 2.17. The van der Waals surface area contributed by atoms with Crippen molar-refractivity contribution in [1.29, 1.82) is 0 Å². The smallest absolute Gasteiger partial charge is 0.216 e. The van der Waals surface area contributed by atoms with E-state index >= 15 is 0 Å². The minimum absolute atomic E-state index is 0.624. The maximum Gasteiger partial charge on any atom is 0.216 e. The molecule has 0 atom stereocenters. The van der Waals surface area contributed by atoms with Gasteiger partial charge in [0, 0.05) is 17.3 Å². The van der Waals surface area contributed by atoms with Crippen LogP contribution in [0.15, 0.2) is 12.3 Å². The summed E-state index contributed by atoms with van der Waals surface area (Å²) in [6.45, 7) is 0.737. The molecule has 0 fully saturated rings. The highest BCUT2D eigenvalue weighted by Crippen LogP contribution is 2.21.